The molecule has 0 fully saturated rings. The van der Waals surface area contributed by atoms with E-state index in [0.29, 0.717) is 33.8 Å². The summed E-state index contributed by atoms with van der Waals surface area (Å²) in [4.78, 5) is 8.64. The van der Waals surface area contributed by atoms with Crippen LogP contribution in [0, 0.1) is 18.3 Å². The molecule has 0 saturated carbocycles. The van der Waals surface area contributed by atoms with E-state index in [4.69, 9.17) is 16.3 Å². The van der Waals surface area contributed by atoms with Crippen LogP contribution in [0.3, 0.4) is 0 Å². The maximum Gasteiger partial charge on any atom is 0.229 e. The number of hydrogen-bond donors (Lipinski definition) is 2. The number of anilines is 4. The second-order valence-electron chi connectivity index (χ2n) is 5.47. The van der Waals surface area contributed by atoms with Gasteiger partial charge in [-0.2, -0.15) is 10.2 Å². The molecule has 7 heteroatoms. The van der Waals surface area contributed by atoms with Gasteiger partial charge in [0.05, 0.1) is 24.0 Å². The van der Waals surface area contributed by atoms with E-state index in [-0.39, 0.29) is 0 Å². The summed E-state index contributed by atoms with van der Waals surface area (Å²) in [5, 5.41) is 16.1. The minimum absolute atomic E-state index is 0.377. The van der Waals surface area contributed by atoms with Crippen LogP contribution >= 0.6 is 11.6 Å². The average molecular weight is 366 g/mol. The highest BCUT2D eigenvalue weighted by Gasteiger charge is 2.09. The normalized spacial score (nSPS) is 10.1. The van der Waals surface area contributed by atoms with E-state index >= 15 is 0 Å². The predicted octanol–water partition coefficient (Wildman–Crippen LogP) is 4.81. The Labute approximate surface area is 156 Å². The summed E-state index contributed by atoms with van der Waals surface area (Å²) >= 11 is 6.14. The molecule has 26 heavy (non-hydrogen) atoms. The van der Waals surface area contributed by atoms with Gasteiger partial charge in [-0.15, -0.1) is 0 Å². The Morgan fingerprint density at radius 3 is 2.69 bits per heavy atom. The number of rotatable bonds is 5. The van der Waals surface area contributed by atoms with Crippen LogP contribution in [-0.4, -0.2) is 17.1 Å². The molecule has 130 valence electrons. The van der Waals surface area contributed by atoms with Gasteiger partial charge < -0.3 is 15.4 Å². The Balaban J connectivity index is 1.87. The van der Waals surface area contributed by atoms with Crippen LogP contribution in [0.15, 0.2) is 48.7 Å². The Morgan fingerprint density at radius 2 is 1.92 bits per heavy atom. The number of methoxy groups -OCH3 is 1. The molecular weight excluding hydrogens is 350 g/mol. The highest BCUT2D eigenvalue weighted by atomic mass is 35.5. The van der Waals surface area contributed by atoms with Gasteiger partial charge in [0.25, 0.3) is 0 Å². The van der Waals surface area contributed by atoms with Gasteiger partial charge >= 0.3 is 0 Å². The average Bonchev–Trinajstić information content (AvgIpc) is 2.65. The fourth-order valence-corrected chi connectivity index (χ4v) is 2.52. The van der Waals surface area contributed by atoms with Gasteiger partial charge in [-0.1, -0.05) is 23.7 Å². The highest BCUT2D eigenvalue weighted by Crippen LogP contribution is 2.32. The molecule has 6 nitrogen and oxygen atoms in total. The lowest BCUT2D eigenvalue weighted by Gasteiger charge is -2.13. The smallest absolute Gasteiger partial charge is 0.229 e. The summed E-state index contributed by atoms with van der Waals surface area (Å²) < 4.78 is 5.37. The van der Waals surface area contributed by atoms with E-state index < -0.39 is 0 Å². The minimum atomic E-state index is 0.377. The van der Waals surface area contributed by atoms with Crippen LogP contribution in [0.2, 0.25) is 5.02 Å². The molecule has 0 aliphatic carbocycles. The van der Waals surface area contributed by atoms with Gasteiger partial charge in [0.15, 0.2) is 0 Å². The van der Waals surface area contributed by atoms with Crippen LogP contribution in [0.1, 0.15) is 11.1 Å². The van der Waals surface area contributed by atoms with Crippen molar-refractivity contribution in [1.82, 2.24) is 9.97 Å². The zero-order valence-corrected chi connectivity index (χ0v) is 15.0. The maximum absolute atomic E-state index is 9.18. The van der Waals surface area contributed by atoms with E-state index in [1.165, 1.54) is 0 Å². The first kappa shape index (κ1) is 17.5. The summed E-state index contributed by atoms with van der Waals surface area (Å²) in [7, 11) is 1.58. The SMILES string of the molecule is COc1cc(Cl)c(C)cc1Nc1ccnc(Nc2ccccc2C#N)n1. The molecular formula is C19H16ClN5O. The first-order valence-corrected chi connectivity index (χ1v) is 8.19. The largest absolute Gasteiger partial charge is 0.495 e. The maximum atomic E-state index is 9.18. The number of aryl methyl sites for hydroxylation is 1. The van der Waals surface area contributed by atoms with Gasteiger partial charge in [-0.3, -0.25) is 0 Å². The molecule has 3 rings (SSSR count). The third-order valence-corrected chi connectivity index (χ3v) is 4.10. The third-order valence-electron chi connectivity index (χ3n) is 3.69. The summed E-state index contributed by atoms with van der Waals surface area (Å²) in [6, 6.07) is 14.7. The summed E-state index contributed by atoms with van der Waals surface area (Å²) in [6.07, 6.45) is 1.63. The second kappa shape index (κ2) is 7.72. The van der Waals surface area contributed by atoms with E-state index in [9.17, 15) is 5.26 Å². The zero-order valence-electron chi connectivity index (χ0n) is 14.2. The Kier molecular flexibility index (Phi) is 5.20. The lowest BCUT2D eigenvalue weighted by Crippen LogP contribution is -2.02. The molecule has 2 N–H and O–H groups in total. The quantitative estimate of drug-likeness (QED) is 0.675. The lowest BCUT2D eigenvalue weighted by atomic mass is 10.2. The van der Waals surface area contributed by atoms with Crippen molar-refractivity contribution in [3.8, 4) is 11.8 Å². The number of nitriles is 1. The van der Waals surface area contributed by atoms with Crippen molar-refractivity contribution in [3.63, 3.8) is 0 Å². The third kappa shape index (κ3) is 3.85. The van der Waals surface area contributed by atoms with Gasteiger partial charge in [-0.25, -0.2) is 4.98 Å². The number of para-hydroxylation sites is 1. The first-order valence-electron chi connectivity index (χ1n) is 7.81. The number of nitrogens with one attached hydrogen (secondary N) is 2. The first-order chi connectivity index (χ1) is 12.6. The standard InChI is InChI=1S/C19H16ClN5O/c1-12-9-16(17(26-2)10-14(12)20)23-18-7-8-22-19(25-18)24-15-6-4-3-5-13(15)11-21/h3-10H,1-2H3,(H2,22,23,24,25). The number of ether oxygens (including phenoxy) is 1. The highest BCUT2D eigenvalue weighted by molar-refractivity contribution is 6.31. The molecule has 1 aromatic heterocycles. The van der Waals surface area contributed by atoms with Crippen LogP contribution in [0.4, 0.5) is 23.1 Å². The fraction of sp³-hybridized carbons (Fsp3) is 0.105. The molecule has 0 unspecified atom stereocenters. The van der Waals surface area contributed by atoms with Crippen molar-refractivity contribution < 1.29 is 4.74 Å². The predicted molar refractivity (Wildman–Crippen MR) is 102 cm³/mol. The number of nitrogens with zero attached hydrogens (tertiary/aromatic N) is 3. The van der Waals surface area contributed by atoms with Crippen molar-refractivity contribution in [2.75, 3.05) is 17.7 Å². The molecule has 0 spiro atoms. The van der Waals surface area contributed by atoms with Gasteiger partial charge in [-0.05, 0) is 36.8 Å². The van der Waals surface area contributed by atoms with Crippen molar-refractivity contribution in [3.05, 3.63) is 64.8 Å². The molecule has 0 amide bonds. The molecule has 0 atom stereocenters. The zero-order chi connectivity index (χ0) is 18.5. The van der Waals surface area contributed by atoms with Crippen LogP contribution in [-0.2, 0) is 0 Å². The van der Waals surface area contributed by atoms with Crippen molar-refractivity contribution in [1.29, 1.82) is 5.26 Å². The second-order valence-corrected chi connectivity index (χ2v) is 5.88. The van der Waals surface area contributed by atoms with E-state index in [1.54, 1.807) is 43.6 Å². The number of hydrogen-bond acceptors (Lipinski definition) is 6. The van der Waals surface area contributed by atoms with Crippen molar-refractivity contribution >= 4 is 34.7 Å². The summed E-state index contributed by atoms with van der Waals surface area (Å²) in [6.45, 7) is 1.92. The Hall–Kier alpha value is -3.30. The van der Waals surface area contributed by atoms with E-state index in [2.05, 4.69) is 26.7 Å². The minimum Gasteiger partial charge on any atom is -0.495 e. The molecule has 3 aromatic rings. The van der Waals surface area contributed by atoms with Crippen LogP contribution < -0.4 is 15.4 Å². The molecule has 0 bridgehead atoms. The topological polar surface area (TPSA) is 82.9 Å². The van der Waals surface area contributed by atoms with Gasteiger partial charge in [0.2, 0.25) is 5.95 Å². The number of benzene rings is 2. The van der Waals surface area contributed by atoms with Crippen molar-refractivity contribution in [2.24, 2.45) is 0 Å². The molecule has 1 heterocycles. The molecule has 0 radical (unpaired) electrons. The van der Waals surface area contributed by atoms with Crippen LogP contribution in [0.5, 0.6) is 5.75 Å². The van der Waals surface area contributed by atoms with Crippen molar-refractivity contribution in [2.45, 2.75) is 6.92 Å². The number of halogens is 1. The summed E-state index contributed by atoms with van der Waals surface area (Å²) in [5.74, 6) is 1.57. The van der Waals surface area contributed by atoms with Gasteiger partial charge in [0, 0.05) is 17.3 Å². The van der Waals surface area contributed by atoms with E-state index in [0.717, 1.165) is 11.3 Å². The monoisotopic (exact) mass is 365 g/mol. The molecule has 0 saturated heterocycles. The van der Waals surface area contributed by atoms with Gasteiger partial charge in [0.1, 0.15) is 17.6 Å². The molecule has 2 aromatic carbocycles. The Bertz CT molecular complexity index is 984. The Morgan fingerprint density at radius 1 is 1.12 bits per heavy atom. The molecule has 0 aliphatic heterocycles. The van der Waals surface area contributed by atoms with Crippen LogP contribution in [0.25, 0.3) is 0 Å². The summed E-state index contributed by atoms with van der Waals surface area (Å²) in [5.41, 5.74) is 2.83. The van der Waals surface area contributed by atoms with E-state index in [1.807, 2.05) is 19.1 Å². The number of aromatic nitrogens is 2. The fourth-order valence-electron chi connectivity index (χ4n) is 2.37. The lowest BCUT2D eigenvalue weighted by molar-refractivity contribution is 0.416. The molecule has 0 aliphatic rings.